The average molecular weight is 484 g/mol. The van der Waals surface area contributed by atoms with Gasteiger partial charge in [-0.3, -0.25) is 9.89 Å². The van der Waals surface area contributed by atoms with Crippen LogP contribution in [0.1, 0.15) is 37.2 Å². The summed E-state index contributed by atoms with van der Waals surface area (Å²) in [6.45, 7) is 7.82. The van der Waals surface area contributed by atoms with Gasteiger partial charge in [0.1, 0.15) is 5.76 Å². The Hall–Kier alpha value is -1.54. The minimum Gasteiger partial charge on any atom is -0.468 e. The standard InChI is InChI=1S/C21H32N4O.HI/c1-17(2)11-12-23-21(22-3)24-14-18-8-5-6-9-19(18)15-25(4)16-20-10-7-13-26-20;/h5-10,13,17H,11-12,14-16H2,1-4H3,(H2,22,23,24);1H. The van der Waals surface area contributed by atoms with Crippen LogP contribution < -0.4 is 10.6 Å². The molecule has 0 spiro atoms. The Balaban J connectivity index is 0.00000364. The highest BCUT2D eigenvalue weighted by molar-refractivity contribution is 14.0. The number of benzene rings is 1. The van der Waals surface area contributed by atoms with Gasteiger partial charge in [0.25, 0.3) is 0 Å². The SMILES string of the molecule is CN=C(NCCC(C)C)NCc1ccccc1CN(C)Cc1ccco1.I. The van der Waals surface area contributed by atoms with Crippen molar-refractivity contribution in [3.05, 3.63) is 59.5 Å². The first-order valence-electron chi connectivity index (χ1n) is 9.30. The Morgan fingerprint density at radius 2 is 1.81 bits per heavy atom. The summed E-state index contributed by atoms with van der Waals surface area (Å²) < 4.78 is 5.44. The van der Waals surface area contributed by atoms with Crippen molar-refractivity contribution in [2.24, 2.45) is 10.9 Å². The number of nitrogens with one attached hydrogen (secondary N) is 2. The first kappa shape index (κ1) is 23.5. The lowest BCUT2D eigenvalue weighted by molar-refractivity contribution is 0.287. The van der Waals surface area contributed by atoms with Crippen LogP contribution in [-0.4, -0.2) is 31.5 Å². The quantitative estimate of drug-likeness (QED) is 0.318. The van der Waals surface area contributed by atoms with E-state index in [-0.39, 0.29) is 24.0 Å². The van der Waals surface area contributed by atoms with E-state index in [0.29, 0.717) is 5.92 Å². The third kappa shape index (κ3) is 8.79. The summed E-state index contributed by atoms with van der Waals surface area (Å²) in [6.07, 6.45) is 2.85. The number of hydrogen-bond acceptors (Lipinski definition) is 3. The molecule has 0 unspecified atom stereocenters. The zero-order valence-corrected chi connectivity index (χ0v) is 19.2. The molecule has 27 heavy (non-hydrogen) atoms. The lowest BCUT2D eigenvalue weighted by atomic mass is 10.1. The molecule has 0 radical (unpaired) electrons. The number of furan rings is 1. The third-order valence-corrected chi connectivity index (χ3v) is 4.25. The van der Waals surface area contributed by atoms with Gasteiger partial charge in [-0.05, 0) is 42.6 Å². The number of hydrogen-bond donors (Lipinski definition) is 2. The van der Waals surface area contributed by atoms with Crippen LogP contribution in [0, 0.1) is 5.92 Å². The number of rotatable bonds is 9. The summed E-state index contributed by atoms with van der Waals surface area (Å²) >= 11 is 0. The van der Waals surface area contributed by atoms with Gasteiger partial charge >= 0.3 is 0 Å². The maximum absolute atomic E-state index is 5.44. The molecule has 6 heteroatoms. The molecule has 0 fully saturated rings. The number of nitrogens with zero attached hydrogens (tertiary/aromatic N) is 2. The predicted molar refractivity (Wildman–Crippen MR) is 123 cm³/mol. The molecule has 0 aliphatic carbocycles. The van der Waals surface area contributed by atoms with Gasteiger partial charge in [-0.1, -0.05) is 38.1 Å². The molecule has 0 aliphatic heterocycles. The zero-order valence-electron chi connectivity index (χ0n) is 16.9. The fourth-order valence-electron chi connectivity index (χ4n) is 2.78. The largest absolute Gasteiger partial charge is 0.468 e. The Labute approximate surface area is 180 Å². The Morgan fingerprint density at radius 1 is 1.07 bits per heavy atom. The summed E-state index contributed by atoms with van der Waals surface area (Å²) in [4.78, 5) is 6.57. The van der Waals surface area contributed by atoms with Gasteiger partial charge in [0.2, 0.25) is 0 Å². The van der Waals surface area contributed by atoms with Crippen LogP contribution in [0.4, 0.5) is 0 Å². The minimum absolute atomic E-state index is 0. The van der Waals surface area contributed by atoms with Crippen molar-refractivity contribution in [2.45, 2.75) is 39.9 Å². The van der Waals surface area contributed by atoms with Crippen molar-refractivity contribution in [3.8, 4) is 0 Å². The van der Waals surface area contributed by atoms with Crippen LogP contribution in [0.25, 0.3) is 0 Å². The molecule has 2 aromatic rings. The van der Waals surface area contributed by atoms with Crippen LogP contribution in [0.3, 0.4) is 0 Å². The zero-order chi connectivity index (χ0) is 18.8. The van der Waals surface area contributed by atoms with Gasteiger partial charge in [0.05, 0.1) is 12.8 Å². The van der Waals surface area contributed by atoms with Crippen LogP contribution in [0.5, 0.6) is 0 Å². The Morgan fingerprint density at radius 3 is 2.44 bits per heavy atom. The smallest absolute Gasteiger partial charge is 0.191 e. The van der Waals surface area contributed by atoms with Crippen molar-refractivity contribution in [1.82, 2.24) is 15.5 Å². The highest BCUT2D eigenvalue weighted by atomic mass is 127. The first-order valence-corrected chi connectivity index (χ1v) is 9.30. The Bertz CT molecular complexity index is 671. The van der Waals surface area contributed by atoms with Gasteiger partial charge < -0.3 is 15.1 Å². The van der Waals surface area contributed by atoms with E-state index in [1.54, 1.807) is 6.26 Å². The number of guanidine groups is 1. The van der Waals surface area contributed by atoms with Gasteiger partial charge in [-0.25, -0.2) is 0 Å². The summed E-state index contributed by atoms with van der Waals surface area (Å²) in [5, 5.41) is 6.80. The van der Waals surface area contributed by atoms with Crippen molar-refractivity contribution < 1.29 is 4.42 Å². The van der Waals surface area contributed by atoms with Crippen LogP contribution in [0.15, 0.2) is 52.1 Å². The average Bonchev–Trinajstić information content (AvgIpc) is 3.11. The van der Waals surface area contributed by atoms with Crippen molar-refractivity contribution in [1.29, 1.82) is 0 Å². The van der Waals surface area contributed by atoms with E-state index in [1.165, 1.54) is 11.1 Å². The molecule has 1 aromatic carbocycles. The van der Waals surface area contributed by atoms with E-state index in [4.69, 9.17) is 4.42 Å². The molecule has 150 valence electrons. The molecule has 2 N–H and O–H groups in total. The Kier molecular flexibility index (Phi) is 11.1. The van der Waals surface area contributed by atoms with Crippen molar-refractivity contribution in [3.63, 3.8) is 0 Å². The van der Waals surface area contributed by atoms with Crippen molar-refractivity contribution >= 4 is 29.9 Å². The van der Waals surface area contributed by atoms with E-state index in [1.807, 2.05) is 19.2 Å². The maximum atomic E-state index is 5.44. The molecule has 0 bridgehead atoms. The second-order valence-electron chi connectivity index (χ2n) is 7.06. The third-order valence-electron chi connectivity index (χ3n) is 4.25. The number of aliphatic imine (C=N–C) groups is 1. The molecule has 2 rings (SSSR count). The van der Waals surface area contributed by atoms with E-state index in [9.17, 15) is 0 Å². The second kappa shape index (κ2) is 12.8. The lowest BCUT2D eigenvalue weighted by Gasteiger charge is -2.19. The molecular formula is C21H33IN4O. The van der Waals surface area contributed by atoms with Gasteiger partial charge in [-0.2, -0.15) is 0 Å². The molecule has 1 heterocycles. The fraction of sp³-hybridized carbons (Fsp3) is 0.476. The molecule has 0 amide bonds. The topological polar surface area (TPSA) is 52.8 Å². The second-order valence-corrected chi connectivity index (χ2v) is 7.06. The first-order chi connectivity index (χ1) is 12.6. The van der Waals surface area contributed by atoms with Crippen LogP contribution in [-0.2, 0) is 19.6 Å². The van der Waals surface area contributed by atoms with Crippen molar-refractivity contribution in [2.75, 3.05) is 20.6 Å². The minimum atomic E-state index is 0. The van der Waals surface area contributed by atoms with E-state index < -0.39 is 0 Å². The monoisotopic (exact) mass is 484 g/mol. The molecule has 0 aliphatic rings. The molecule has 1 aromatic heterocycles. The molecule has 0 atom stereocenters. The summed E-state index contributed by atoms with van der Waals surface area (Å²) in [7, 11) is 3.92. The highest BCUT2D eigenvalue weighted by Gasteiger charge is 2.08. The number of halogens is 1. The van der Waals surface area contributed by atoms with Crippen LogP contribution >= 0.6 is 24.0 Å². The molecular weight excluding hydrogens is 451 g/mol. The van der Waals surface area contributed by atoms with Crippen LogP contribution in [0.2, 0.25) is 0 Å². The van der Waals surface area contributed by atoms with Gasteiger partial charge in [-0.15, -0.1) is 24.0 Å². The van der Waals surface area contributed by atoms with E-state index in [0.717, 1.165) is 44.3 Å². The fourth-order valence-corrected chi connectivity index (χ4v) is 2.78. The summed E-state index contributed by atoms with van der Waals surface area (Å²) in [6, 6.07) is 12.5. The summed E-state index contributed by atoms with van der Waals surface area (Å²) in [5.74, 6) is 2.52. The molecule has 5 nitrogen and oxygen atoms in total. The van der Waals surface area contributed by atoms with E-state index >= 15 is 0 Å². The summed E-state index contributed by atoms with van der Waals surface area (Å²) in [5.41, 5.74) is 2.59. The van der Waals surface area contributed by atoms with Gasteiger partial charge in [0.15, 0.2) is 5.96 Å². The van der Waals surface area contributed by atoms with Gasteiger partial charge in [0, 0.05) is 26.7 Å². The highest BCUT2D eigenvalue weighted by Crippen LogP contribution is 2.13. The normalized spacial score (nSPS) is 11.6. The molecule has 0 saturated heterocycles. The lowest BCUT2D eigenvalue weighted by Crippen LogP contribution is -2.37. The maximum Gasteiger partial charge on any atom is 0.191 e. The molecule has 0 saturated carbocycles. The predicted octanol–water partition coefficient (Wildman–Crippen LogP) is 4.24. The van der Waals surface area contributed by atoms with E-state index in [2.05, 4.69) is 65.7 Å².